The molecule has 1 unspecified atom stereocenters. The number of hydrogen-bond donors (Lipinski definition) is 1. The molecule has 21 heavy (non-hydrogen) atoms. The molecule has 0 radical (unpaired) electrons. The van der Waals surface area contributed by atoms with Gasteiger partial charge in [0.05, 0.1) is 23.9 Å². The van der Waals surface area contributed by atoms with E-state index in [0.29, 0.717) is 6.42 Å². The van der Waals surface area contributed by atoms with Crippen LogP contribution in [0, 0.1) is 0 Å². The fourth-order valence-electron chi connectivity index (χ4n) is 3.43. The Hall–Kier alpha value is -0.520. The van der Waals surface area contributed by atoms with E-state index in [2.05, 4.69) is 6.92 Å². The van der Waals surface area contributed by atoms with Crippen molar-refractivity contribution in [1.29, 1.82) is 0 Å². The van der Waals surface area contributed by atoms with Crippen LogP contribution < -0.4 is 9.47 Å². The number of thioether (sulfide) groups is 2. The van der Waals surface area contributed by atoms with Crippen LogP contribution in [-0.2, 0) is 10.5 Å². The van der Waals surface area contributed by atoms with Crippen molar-refractivity contribution in [3.8, 4) is 11.5 Å². The first-order chi connectivity index (χ1) is 10.1. The van der Waals surface area contributed by atoms with E-state index in [4.69, 9.17) is 9.47 Å². The number of methoxy groups -OCH3 is 2. The lowest BCUT2D eigenvalue weighted by molar-refractivity contribution is 0.0177. The highest BCUT2D eigenvalue weighted by Crippen LogP contribution is 2.63. The van der Waals surface area contributed by atoms with E-state index in [1.807, 2.05) is 35.7 Å². The highest BCUT2D eigenvalue weighted by Gasteiger charge is 2.51. The van der Waals surface area contributed by atoms with Crippen LogP contribution in [0.3, 0.4) is 0 Å². The summed E-state index contributed by atoms with van der Waals surface area (Å²) < 4.78 is 11.1. The number of hydrogen-bond acceptors (Lipinski definition) is 5. The molecule has 1 heterocycles. The quantitative estimate of drug-likeness (QED) is 0.921. The second-order valence-electron chi connectivity index (χ2n) is 5.70. The Bertz CT molecular complexity index is 541. The maximum absolute atomic E-state index is 11.0. The van der Waals surface area contributed by atoms with Crippen molar-refractivity contribution in [2.45, 2.75) is 35.9 Å². The summed E-state index contributed by atoms with van der Waals surface area (Å²) in [4.78, 5) is 0. The van der Waals surface area contributed by atoms with Gasteiger partial charge in [-0.15, -0.1) is 23.5 Å². The molecule has 1 aliphatic heterocycles. The second kappa shape index (κ2) is 5.60. The van der Waals surface area contributed by atoms with Crippen LogP contribution in [0.25, 0.3) is 0 Å². The Morgan fingerprint density at radius 1 is 1.14 bits per heavy atom. The largest absolute Gasteiger partial charge is 0.496 e. The average molecular weight is 326 g/mol. The van der Waals surface area contributed by atoms with Crippen LogP contribution in [0.1, 0.15) is 30.9 Å². The van der Waals surface area contributed by atoms with Gasteiger partial charge in [0.25, 0.3) is 0 Å². The lowest BCUT2D eigenvalue weighted by Crippen LogP contribution is -2.42. The molecule has 1 saturated heterocycles. The summed E-state index contributed by atoms with van der Waals surface area (Å²) in [5.74, 6) is 4.02. The van der Waals surface area contributed by atoms with E-state index < -0.39 is 5.60 Å². The molecular formula is C16H22O3S2. The minimum absolute atomic E-state index is 0.0990. The summed E-state index contributed by atoms with van der Waals surface area (Å²) in [7, 11) is 3.42. The molecular weight excluding hydrogens is 304 g/mol. The van der Waals surface area contributed by atoms with Crippen molar-refractivity contribution < 1.29 is 14.6 Å². The molecule has 116 valence electrons. The summed E-state index contributed by atoms with van der Waals surface area (Å²) in [6.07, 6.45) is 2.18. The third-order valence-corrected chi connectivity index (χ3v) is 7.94. The van der Waals surface area contributed by atoms with Crippen LogP contribution >= 0.6 is 23.5 Å². The highest BCUT2D eigenvalue weighted by atomic mass is 32.2. The molecule has 1 N–H and O–H groups in total. The molecule has 0 saturated carbocycles. The van der Waals surface area contributed by atoms with E-state index in [9.17, 15) is 5.11 Å². The van der Waals surface area contributed by atoms with Gasteiger partial charge in [0.15, 0.2) is 0 Å². The van der Waals surface area contributed by atoms with Gasteiger partial charge >= 0.3 is 0 Å². The first-order valence-electron chi connectivity index (χ1n) is 7.32. The topological polar surface area (TPSA) is 38.7 Å². The number of benzene rings is 1. The van der Waals surface area contributed by atoms with E-state index in [0.717, 1.165) is 41.4 Å². The normalized spacial score (nSPS) is 26.7. The standard InChI is InChI=1S/C16H22O3S2/c1-4-15(17)9-11-12(18-2)5-6-13(19-3)14(11)16(10-15)20-7-8-21-16/h5-6,17H,4,7-10H2,1-3H3. The Morgan fingerprint density at radius 2 is 1.76 bits per heavy atom. The number of fused-ring (bicyclic) bond motifs is 2. The van der Waals surface area contributed by atoms with Crippen molar-refractivity contribution in [2.24, 2.45) is 0 Å². The SMILES string of the molecule is CCC1(O)Cc2c(OC)ccc(OC)c2C2(C1)SCCS2. The van der Waals surface area contributed by atoms with Gasteiger partial charge in [0.2, 0.25) is 0 Å². The zero-order chi connectivity index (χ0) is 15.1. The molecule has 0 aromatic heterocycles. The predicted molar refractivity (Wildman–Crippen MR) is 89.7 cm³/mol. The minimum Gasteiger partial charge on any atom is -0.496 e. The average Bonchev–Trinajstić information content (AvgIpc) is 2.94. The van der Waals surface area contributed by atoms with Gasteiger partial charge in [0.1, 0.15) is 11.5 Å². The van der Waals surface area contributed by atoms with Crippen LogP contribution in [0.5, 0.6) is 11.5 Å². The molecule has 1 atom stereocenters. The summed E-state index contributed by atoms with van der Waals surface area (Å²) in [6.45, 7) is 2.07. The number of rotatable bonds is 3. The zero-order valence-electron chi connectivity index (χ0n) is 12.8. The lowest BCUT2D eigenvalue weighted by Gasteiger charge is -2.44. The molecule has 3 nitrogen and oxygen atoms in total. The number of ether oxygens (including phenoxy) is 2. The van der Waals surface area contributed by atoms with Crippen molar-refractivity contribution in [2.75, 3.05) is 25.7 Å². The fourth-order valence-corrected chi connectivity index (χ4v) is 7.06. The van der Waals surface area contributed by atoms with Crippen molar-refractivity contribution in [1.82, 2.24) is 0 Å². The van der Waals surface area contributed by atoms with Crippen molar-refractivity contribution in [3.05, 3.63) is 23.3 Å². The molecule has 2 aliphatic rings. The Morgan fingerprint density at radius 3 is 2.33 bits per heavy atom. The molecule has 0 amide bonds. The van der Waals surface area contributed by atoms with Crippen LogP contribution in [0.2, 0.25) is 0 Å². The summed E-state index contributed by atoms with van der Waals surface area (Å²) >= 11 is 3.88. The van der Waals surface area contributed by atoms with Crippen LogP contribution in [0.15, 0.2) is 12.1 Å². The van der Waals surface area contributed by atoms with Crippen LogP contribution in [0.4, 0.5) is 0 Å². The Kier molecular flexibility index (Phi) is 4.10. The molecule has 1 fully saturated rings. The molecule has 1 aromatic carbocycles. The monoisotopic (exact) mass is 326 g/mol. The zero-order valence-corrected chi connectivity index (χ0v) is 14.4. The first kappa shape index (κ1) is 15.4. The van der Waals surface area contributed by atoms with Gasteiger partial charge in [-0.1, -0.05) is 6.92 Å². The molecule has 0 bridgehead atoms. The van der Waals surface area contributed by atoms with Crippen molar-refractivity contribution in [3.63, 3.8) is 0 Å². The van der Waals surface area contributed by atoms with Gasteiger partial charge in [-0.2, -0.15) is 0 Å². The predicted octanol–water partition coefficient (Wildman–Crippen LogP) is 3.42. The van der Waals surface area contributed by atoms with Gasteiger partial charge in [-0.25, -0.2) is 0 Å². The van der Waals surface area contributed by atoms with Gasteiger partial charge < -0.3 is 14.6 Å². The van der Waals surface area contributed by atoms with E-state index in [1.54, 1.807) is 14.2 Å². The van der Waals surface area contributed by atoms with Crippen molar-refractivity contribution >= 4 is 23.5 Å². The molecule has 1 spiro atoms. The molecule has 1 aromatic rings. The first-order valence-corrected chi connectivity index (χ1v) is 9.29. The van der Waals surface area contributed by atoms with Gasteiger partial charge in [-0.05, 0) is 18.6 Å². The third kappa shape index (κ3) is 2.43. The highest BCUT2D eigenvalue weighted by molar-refractivity contribution is 8.20. The summed E-state index contributed by atoms with van der Waals surface area (Å²) in [5.41, 5.74) is 1.70. The molecule has 5 heteroatoms. The lowest BCUT2D eigenvalue weighted by atomic mass is 9.77. The third-order valence-electron chi connectivity index (χ3n) is 4.53. The van der Waals surface area contributed by atoms with Gasteiger partial charge in [-0.3, -0.25) is 0 Å². The van der Waals surface area contributed by atoms with Gasteiger partial charge in [0, 0.05) is 35.5 Å². The van der Waals surface area contributed by atoms with Crippen LogP contribution in [-0.4, -0.2) is 36.4 Å². The summed E-state index contributed by atoms with van der Waals surface area (Å²) in [5, 5.41) is 11.0. The van der Waals surface area contributed by atoms with E-state index in [1.165, 1.54) is 5.56 Å². The fraction of sp³-hybridized carbons (Fsp3) is 0.625. The smallest absolute Gasteiger partial charge is 0.124 e. The van der Waals surface area contributed by atoms with E-state index >= 15 is 0 Å². The number of aliphatic hydroxyl groups is 1. The maximum atomic E-state index is 11.0. The minimum atomic E-state index is -0.656. The molecule has 3 rings (SSSR count). The molecule has 1 aliphatic carbocycles. The Balaban J connectivity index is 2.23. The summed E-state index contributed by atoms with van der Waals surface area (Å²) in [6, 6.07) is 3.95. The maximum Gasteiger partial charge on any atom is 0.124 e. The van der Waals surface area contributed by atoms with E-state index in [-0.39, 0.29) is 4.08 Å². The Labute approximate surface area is 134 Å². The second-order valence-corrected chi connectivity index (χ2v) is 8.75.